The molecule has 0 radical (unpaired) electrons. The number of amides is 5. The first-order chi connectivity index (χ1) is 21.6. The molecule has 1 unspecified atom stereocenters. The van der Waals surface area contributed by atoms with Crippen LogP contribution in [0.2, 0.25) is 0 Å². The number of ether oxygens (including phenoxy) is 3. The van der Waals surface area contributed by atoms with Crippen LogP contribution in [0.25, 0.3) is 0 Å². The molecule has 0 aromatic heterocycles. The van der Waals surface area contributed by atoms with E-state index in [0.29, 0.717) is 51.4 Å². The highest BCUT2D eigenvalue weighted by molar-refractivity contribution is 5.96. The van der Waals surface area contributed by atoms with E-state index in [-0.39, 0.29) is 25.9 Å². The first-order valence-electron chi connectivity index (χ1n) is 16.2. The van der Waals surface area contributed by atoms with Crippen LogP contribution in [-0.2, 0) is 43.0 Å². The highest BCUT2D eigenvalue weighted by Crippen LogP contribution is 2.27. The second-order valence-electron chi connectivity index (χ2n) is 13.2. The molecule has 0 saturated carbocycles. The number of fused-ring (bicyclic) bond motifs is 2. The van der Waals surface area contributed by atoms with Crippen molar-refractivity contribution in [1.82, 2.24) is 20.4 Å². The lowest BCUT2D eigenvalue weighted by Crippen LogP contribution is -2.60. The van der Waals surface area contributed by atoms with Gasteiger partial charge in [-0.05, 0) is 73.1 Å². The molecule has 3 fully saturated rings. The first kappa shape index (κ1) is 36.6. The van der Waals surface area contributed by atoms with Gasteiger partial charge in [-0.15, -0.1) is 0 Å². The molecule has 0 aromatic carbocycles. The molecule has 4 N–H and O–H groups in total. The minimum Gasteiger partial charge on any atom is -0.460 e. The predicted molar refractivity (Wildman–Crippen MR) is 163 cm³/mol. The number of primary amides is 1. The normalized spacial score (nSPS) is 29.7. The van der Waals surface area contributed by atoms with E-state index in [1.165, 1.54) is 23.6 Å². The summed E-state index contributed by atoms with van der Waals surface area (Å²) < 4.78 is 16.3. The fourth-order valence-electron chi connectivity index (χ4n) is 6.00. The molecule has 3 rings (SSSR count). The van der Waals surface area contributed by atoms with Gasteiger partial charge in [0.1, 0.15) is 42.0 Å². The van der Waals surface area contributed by atoms with Crippen LogP contribution < -0.4 is 16.4 Å². The number of nitrogens with one attached hydrogen (secondary N) is 2. The number of carbonyl (C=O) groups excluding carboxylic acids is 7. The van der Waals surface area contributed by atoms with Gasteiger partial charge in [-0.2, -0.15) is 0 Å². The summed E-state index contributed by atoms with van der Waals surface area (Å²) in [7, 11) is 0. The summed E-state index contributed by atoms with van der Waals surface area (Å²) >= 11 is 0. The Morgan fingerprint density at radius 3 is 1.87 bits per heavy atom. The highest BCUT2D eigenvalue weighted by Gasteiger charge is 2.45. The molecule has 6 atom stereocenters. The lowest BCUT2D eigenvalue weighted by atomic mass is 10.1. The second-order valence-corrected chi connectivity index (χ2v) is 13.2. The summed E-state index contributed by atoms with van der Waals surface area (Å²) in [6.07, 6.45) is 0.889. The minimum atomic E-state index is -1.34. The van der Waals surface area contributed by atoms with E-state index >= 15 is 0 Å². The van der Waals surface area contributed by atoms with E-state index in [2.05, 4.69) is 10.6 Å². The smallest absolute Gasteiger partial charge is 0.408 e. The Morgan fingerprint density at radius 1 is 0.804 bits per heavy atom. The van der Waals surface area contributed by atoms with E-state index in [4.69, 9.17) is 19.9 Å². The van der Waals surface area contributed by atoms with Gasteiger partial charge in [0, 0.05) is 25.9 Å². The number of esters is 2. The van der Waals surface area contributed by atoms with Crippen LogP contribution in [0.15, 0.2) is 0 Å². The summed E-state index contributed by atoms with van der Waals surface area (Å²) in [5.41, 5.74) is 4.69. The van der Waals surface area contributed by atoms with Gasteiger partial charge in [0.25, 0.3) is 0 Å². The monoisotopic (exact) mass is 651 g/mol. The molecular weight excluding hydrogens is 602 g/mol. The van der Waals surface area contributed by atoms with Gasteiger partial charge in [-0.25, -0.2) is 4.79 Å². The van der Waals surface area contributed by atoms with E-state index in [1.54, 1.807) is 20.8 Å². The molecule has 3 saturated heterocycles. The minimum absolute atomic E-state index is 0.0559. The zero-order valence-electron chi connectivity index (χ0n) is 27.5. The summed E-state index contributed by atoms with van der Waals surface area (Å²) in [4.78, 5) is 94.2. The second kappa shape index (κ2) is 16.1. The zero-order valence-corrected chi connectivity index (χ0v) is 27.5. The Balaban J connectivity index is 1.90. The molecule has 15 nitrogen and oxygen atoms in total. The molecule has 0 aliphatic carbocycles. The predicted octanol–water partition coefficient (Wildman–Crippen LogP) is 1.05. The summed E-state index contributed by atoms with van der Waals surface area (Å²) in [6, 6.07) is -4.53. The fourth-order valence-corrected chi connectivity index (χ4v) is 6.00. The van der Waals surface area contributed by atoms with Crippen LogP contribution in [0.3, 0.4) is 0 Å². The maximum absolute atomic E-state index is 14.0. The summed E-state index contributed by atoms with van der Waals surface area (Å²) in [5, 5.41) is 5.11. The lowest BCUT2D eigenvalue weighted by molar-refractivity contribution is -0.156. The number of hydrogen-bond donors (Lipinski definition) is 3. The molecule has 258 valence electrons. The van der Waals surface area contributed by atoms with Crippen molar-refractivity contribution >= 4 is 41.7 Å². The lowest BCUT2D eigenvalue weighted by Gasteiger charge is -2.34. The molecule has 15 heteroatoms. The van der Waals surface area contributed by atoms with Gasteiger partial charge < -0.3 is 40.4 Å². The number of alkyl carbamates (subject to hydrolysis) is 1. The van der Waals surface area contributed by atoms with Gasteiger partial charge in [0.05, 0.1) is 0 Å². The first-order valence-corrected chi connectivity index (χ1v) is 16.2. The molecule has 3 aliphatic heterocycles. The number of cyclic esters (lactones) is 2. The SMILES string of the molecule is C[C@H]1OC(=O)CCCCCCC(=O)O[C@H](C)[C@H](NC(=O)OC(C)(C)C)C(=O)N2CCC[C@H]2C(=O)N2CCC[C@H]2C(=O)NC1C(N)=O. The van der Waals surface area contributed by atoms with Crippen molar-refractivity contribution in [2.45, 2.75) is 141 Å². The van der Waals surface area contributed by atoms with E-state index < -0.39 is 83.6 Å². The van der Waals surface area contributed by atoms with Crippen molar-refractivity contribution in [3.8, 4) is 0 Å². The molecule has 3 aliphatic rings. The van der Waals surface area contributed by atoms with Gasteiger partial charge >= 0.3 is 18.0 Å². The Bertz CT molecular complexity index is 1170. The molecule has 0 aromatic rings. The summed E-state index contributed by atoms with van der Waals surface area (Å²) in [5.74, 6) is -3.72. The Labute approximate surface area is 269 Å². The molecule has 0 bridgehead atoms. The van der Waals surface area contributed by atoms with Crippen molar-refractivity contribution in [2.75, 3.05) is 13.1 Å². The number of nitrogens with zero attached hydrogens (tertiary/aromatic N) is 2. The van der Waals surface area contributed by atoms with Gasteiger partial charge in [0.15, 0.2) is 0 Å². The number of nitrogens with two attached hydrogens (primary N) is 1. The summed E-state index contributed by atoms with van der Waals surface area (Å²) in [6.45, 7) is 8.41. The van der Waals surface area contributed by atoms with Crippen LogP contribution in [-0.4, -0.2) is 107 Å². The van der Waals surface area contributed by atoms with E-state index in [9.17, 15) is 33.6 Å². The van der Waals surface area contributed by atoms with Crippen molar-refractivity contribution in [3.05, 3.63) is 0 Å². The highest BCUT2D eigenvalue weighted by atomic mass is 16.6. The third-order valence-corrected chi connectivity index (χ3v) is 8.29. The Morgan fingerprint density at radius 2 is 1.33 bits per heavy atom. The fraction of sp³-hybridized carbons (Fsp3) is 0.774. The van der Waals surface area contributed by atoms with Gasteiger partial charge in [-0.1, -0.05) is 12.8 Å². The maximum Gasteiger partial charge on any atom is 0.408 e. The Kier molecular flexibility index (Phi) is 12.8. The maximum atomic E-state index is 14.0. The van der Waals surface area contributed by atoms with Gasteiger partial charge in [-0.3, -0.25) is 28.8 Å². The zero-order chi connectivity index (χ0) is 34.2. The van der Waals surface area contributed by atoms with Crippen LogP contribution in [0, 0.1) is 0 Å². The van der Waals surface area contributed by atoms with Crippen LogP contribution >= 0.6 is 0 Å². The van der Waals surface area contributed by atoms with Crippen molar-refractivity contribution < 1.29 is 47.8 Å². The third-order valence-electron chi connectivity index (χ3n) is 8.29. The molecular formula is C31H49N5O10. The van der Waals surface area contributed by atoms with Crippen molar-refractivity contribution in [1.29, 1.82) is 0 Å². The van der Waals surface area contributed by atoms with Gasteiger partial charge in [0.2, 0.25) is 23.6 Å². The molecule has 5 amide bonds. The van der Waals surface area contributed by atoms with Crippen molar-refractivity contribution in [2.24, 2.45) is 5.73 Å². The topological polar surface area (TPSA) is 204 Å². The third kappa shape index (κ3) is 10.0. The largest absolute Gasteiger partial charge is 0.460 e. The average Bonchev–Trinajstić information content (AvgIpc) is 3.64. The van der Waals surface area contributed by atoms with Crippen LogP contribution in [0.5, 0.6) is 0 Å². The Hall–Kier alpha value is -3.91. The molecule has 3 heterocycles. The van der Waals surface area contributed by atoms with Crippen LogP contribution in [0.4, 0.5) is 4.79 Å². The number of carbonyl (C=O) groups is 7. The van der Waals surface area contributed by atoms with Crippen LogP contribution in [0.1, 0.15) is 98.8 Å². The standard InChI is InChI=1S/C31H49N5O10/c1-18-24(26(32)39)33-27(40)20-12-10-16-35(20)28(41)21-13-11-17-36(21)29(42)25(34-30(43)46-31(3,4)5)19(2)45-23(38)15-9-7-6-8-14-22(37)44-18/h18-21,24-25H,6-17H2,1-5H3,(H2,32,39)(H,33,40)(H,34,43)/t18-,19-,20+,21+,24?,25+/m1/s1. The van der Waals surface area contributed by atoms with E-state index in [0.717, 1.165) is 0 Å². The quantitative estimate of drug-likeness (QED) is 0.286. The molecule has 0 spiro atoms. The average molecular weight is 652 g/mol. The van der Waals surface area contributed by atoms with Crippen molar-refractivity contribution in [3.63, 3.8) is 0 Å². The number of hydrogen-bond acceptors (Lipinski definition) is 10. The molecule has 46 heavy (non-hydrogen) atoms. The number of rotatable bonds is 2. The van der Waals surface area contributed by atoms with E-state index in [1.807, 2.05) is 0 Å².